The average Bonchev–Trinajstić information content (AvgIpc) is 3.22. The maximum atomic E-state index is 13.5. The Kier molecular flexibility index (Phi) is 4.56. The predicted molar refractivity (Wildman–Crippen MR) is 103 cm³/mol. The molecule has 148 valence electrons. The summed E-state index contributed by atoms with van der Waals surface area (Å²) in [5.74, 6) is -1.73. The Morgan fingerprint density at radius 3 is 2.21 bits per heavy atom. The van der Waals surface area contributed by atoms with Crippen molar-refractivity contribution in [2.75, 3.05) is 31.1 Å². The zero-order valence-corrected chi connectivity index (χ0v) is 16.2. The number of aromatic nitrogens is 2. The average molecular weight is 386 g/mol. The SMILES string of the molecule is Cc1ccc(N2CCN(C(=O)Cc3ccc(C4(C)CC4(F)F)cc3)CC2)nn1. The number of halogens is 2. The standard InChI is InChI=1S/C21H24F2N4O/c1-15-3-8-18(25-24-15)26-9-11-27(12-10-26)19(28)13-16-4-6-17(7-5-16)20(2)14-21(20,22)23/h3-8H,9-14H2,1-2H3. The van der Waals surface area contributed by atoms with Gasteiger partial charge in [-0.3, -0.25) is 4.79 Å². The molecule has 1 aliphatic heterocycles. The first-order valence-electron chi connectivity index (χ1n) is 9.59. The molecule has 1 aromatic carbocycles. The first kappa shape index (κ1) is 18.8. The Bertz CT molecular complexity index is 861. The van der Waals surface area contributed by atoms with E-state index in [1.807, 2.05) is 24.0 Å². The van der Waals surface area contributed by atoms with Gasteiger partial charge < -0.3 is 9.80 Å². The number of rotatable bonds is 4. The summed E-state index contributed by atoms with van der Waals surface area (Å²) in [7, 11) is 0. The summed E-state index contributed by atoms with van der Waals surface area (Å²) in [5.41, 5.74) is 1.32. The Hall–Kier alpha value is -2.57. The molecule has 1 saturated carbocycles. The number of alkyl halides is 2. The molecule has 1 atom stereocenters. The number of carbonyl (C=O) groups is 1. The lowest BCUT2D eigenvalue weighted by molar-refractivity contribution is -0.130. The summed E-state index contributed by atoms with van der Waals surface area (Å²) in [5, 5.41) is 8.28. The molecule has 5 nitrogen and oxygen atoms in total. The molecule has 2 fully saturated rings. The summed E-state index contributed by atoms with van der Waals surface area (Å²) in [4.78, 5) is 16.6. The number of benzene rings is 1. The molecular formula is C21H24F2N4O. The summed E-state index contributed by atoms with van der Waals surface area (Å²) in [6, 6.07) is 10.9. The predicted octanol–water partition coefficient (Wildman–Crippen LogP) is 2.97. The van der Waals surface area contributed by atoms with Crippen LogP contribution in [0.15, 0.2) is 36.4 Å². The number of hydrogen-bond acceptors (Lipinski definition) is 4. The normalized spacial score (nSPS) is 23.6. The fourth-order valence-corrected chi connectivity index (χ4v) is 3.74. The van der Waals surface area contributed by atoms with E-state index in [1.54, 1.807) is 31.2 Å². The number of aryl methyl sites for hydroxylation is 1. The maximum absolute atomic E-state index is 13.5. The van der Waals surface area contributed by atoms with Crippen LogP contribution in [0, 0.1) is 6.92 Å². The summed E-state index contributed by atoms with van der Waals surface area (Å²) < 4.78 is 27.0. The first-order valence-corrected chi connectivity index (χ1v) is 9.59. The van der Waals surface area contributed by atoms with Gasteiger partial charge in [-0.2, -0.15) is 5.10 Å². The molecule has 1 amide bonds. The van der Waals surface area contributed by atoms with E-state index in [-0.39, 0.29) is 18.7 Å². The van der Waals surface area contributed by atoms with Crippen molar-refractivity contribution in [2.45, 2.75) is 38.0 Å². The maximum Gasteiger partial charge on any atom is 0.258 e. The van der Waals surface area contributed by atoms with E-state index in [0.717, 1.165) is 30.2 Å². The molecule has 2 aromatic rings. The summed E-state index contributed by atoms with van der Waals surface area (Å²) in [6.45, 7) is 6.20. The van der Waals surface area contributed by atoms with Crippen LogP contribution in [0.5, 0.6) is 0 Å². The fraction of sp³-hybridized carbons (Fsp3) is 0.476. The minimum atomic E-state index is -2.62. The number of anilines is 1. The summed E-state index contributed by atoms with van der Waals surface area (Å²) in [6.07, 6.45) is 0.186. The molecule has 1 aromatic heterocycles. The van der Waals surface area contributed by atoms with Gasteiger partial charge in [0.15, 0.2) is 5.82 Å². The molecule has 1 aliphatic carbocycles. The van der Waals surface area contributed by atoms with Crippen molar-refractivity contribution in [2.24, 2.45) is 0 Å². The third-order valence-corrected chi connectivity index (χ3v) is 5.94. The van der Waals surface area contributed by atoms with Gasteiger partial charge in [-0.1, -0.05) is 24.3 Å². The smallest absolute Gasteiger partial charge is 0.258 e. The van der Waals surface area contributed by atoms with Gasteiger partial charge in [0.25, 0.3) is 5.92 Å². The van der Waals surface area contributed by atoms with Crippen LogP contribution >= 0.6 is 0 Å². The van der Waals surface area contributed by atoms with Crippen LogP contribution in [-0.2, 0) is 16.6 Å². The van der Waals surface area contributed by atoms with Crippen molar-refractivity contribution in [3.8, 4) is 0 Å². The second kappa shape index (κ2) is 6.79. The third-order valence-electron chi connectivity index (χ3n) is 5.94. The minimum Gasteiger partial charge on any atom is -0.352 e. The van der Waals surface area contributed by atoms with Crippen LogP contribution in [0.2, 0.25) is 0 Å². The number of nitrogens with zero attached hydrogens (tertiary/aromatic N) is 4. The van der Waals surface area contributed by atoms with Gasteiger partial charge in [-0.05, 0) is 37.1 Å². The van der Waals surface area contributed by atoms with Crippen LogP contribution in [0.1, 0.15) is 30.2 Å². The highest BCUT2D eigenvalue weighted by molar-refractivity contribution is 5.79. The van der Waals surface area contributed by atoms with Crippen molar-refractivity contribution in [3.05, 3.63) is 53.2 Å². The Balaban J connectivity index is 1.32. The third kappa shape index (κ3) is 3.45. The second-order valence-electron chi connectivity index (χ2n) is 7.99. The van der Waals surface area contributed by atoms with Gasteiger partial charge in [0, 0.05) is 32.6 Å². The number of carbonyl (C=O) groups excluding carboxylic acids is 1. The van der Waals surface area contributed by atoms with Crippen LogP contribution in [0.4, 0.5) is 14.6 Å². The molecule has 0 N–H and O–H groups in total. The fourth-order valence-electron chi connectivity index (χ4n) is 3.74. The van der Waals surface area contributed by atoms with E-state index in [2.05, 4.69) is 15.1 Å². The van der Waals surface area contributed by atoms with Crippen LogP contribution in [0.25, 0.3) is 0 Å². The van der Waals surface area contributed by atoms with Gasteiger partial charge in [-0.15, -0.1) is 5.10 Å². The van der Waals surface area contributed by atoms with Gasteiger partial charge in [-0.25, -0.2) is 8.78 Å². The number of hydrogen-bond donors (Lipinski definition) is 0. The van der Waals surface area contributed by atoms with Gasteiger partial charge in [0.1, 0.15) is 0 Å². The molecule has 0 bridgehead atoms. The van der Waals surface area contributed by atoms with Crippen molar-refractivity contribution in [3.63, 3.8) is 0 Å². The van der Waals surface area contributed by atoms with Gasteiger partial charge in [0.05, 0.1) is 17.5 Å². The van der Waals surface area contributed by atoms with Crippen LogP contribution in [-0.4, -0.2) is 53.1 Å². The van der Waals surface area contributed by atoms with E-state index < -0.39 is 11.3 Å². The molecule has 1 saturated heterocycles. The molecule has 7 heteroatoms. The zero-order valence-electron chi connectivity index (χ0n) is 16.2. The molecule has 28 heavy (non-hydrogen) atoms. The molecule has 2 aliphatic rings. The Labute approximate surface area is 163 Å². The molecular weight excluding hydrogens is 362 g/mol. The lowest BCUT2D eigenvalue weighted by Gasteiger charge is -2.35. The molecule has 0 radical (unpaired) electrons. The minimum absolute atomic E-state index is 0.0605. The van der Waals surface area contributed by atoms with Crippen LogP contribution < -0.4 is 4.90 Å². The second-order valence-corrected chi connectivity index (χ2v) is 7.99. The number of piperazine rings is 1. The van der Waals surface area contributed by atoms with Crippen molar-refractivity contribution >= 4 is 11.7 Å². The highest BCUT2D eigenvalue weighted by atomic mass is 19.3. The van der Waals surface area contributed by atoms with E-state index in [1.165, 1.54) is 0 Å². The number of amides is 1. The van der Waals surface area contributed by atoms with Crippen LogP contribution in [0.3, 0.4) is 0 Å². The van der Waals surface area contributed by atoms with E-state index in [4.69, 9.17) is 0 Å². The molecule has 1 unspecified atom stereocenters. The van der Waals surface area contributed by atoms with E-state index >= 15 is 0 Å². The van der Waals surface area contributed by atoms with Gasteiger partial charge >= 0.3 is 0 Å². The highest BCUT2D eigenvalue weighted by Crippen LogP contribution is 2.61. The molecule has 2 heterocycles. The van der Waals surface area contributed by atoms with E-state index in [0.29, 0.717) is 18.7 Å². The zero-order chi connectivity index (χ0) is 19.9. The van der Waals surface area contributed by atoms with E-state index in [9.17, 15) is 13.6 Å². The summed E-state index contributed by atoms with van der Waals surface area (Å²) >= 11 is 0. The quantitative estimate of drug-likeness (QED) is 0.811. The highest BCUT2D eigenvalue weighted by Gasteiger charge is 2.68. The Morgan fingerprint density at radius 1 is 1.04 bits per heavy atom. The van der Waals surface area contributed by atoms with Crippen molar-refractivity contribution in [1.29, 1.82) is 0 Å². The first-order chi connectivity index (χ1) is 13.3. The lowest BCUT2D eigenvalue weighted by Crippen LogP contribution is -2.49. The molecule has 0 spiro atoms. The topological polar surface area (TPSA) is 49.3 Å². The monoisotopic (exact) mass is 386 g/mol. The van der Waals surface area contributed by atoms with Crippen molar-refractivity contribution < 1.29 is 13.6 Å². The Morgan fingerprint density at radius 2 is 1.68 bits per heavy atom. The molecule has 4 rings (SSSR count). The van der Waals surface area contributed by atoms with Gasteiger partial charge in [0.2, 0.25) is 5.91 Å². The largest absolute Gasteiger partial charge is 0.352 e. The lowest BCUT2D eigenvalue weighted by atomic mass is 9.96. The van der Waals surface area contributed by atoms with Crippen molar-refractivity contribution in [1.82, 2.24) is 15.1 Å².